The molecule has 0 saturated heterocycles. The lowest BCUT2D eigenvalue weighted by Gasteiger charge is -2.09. The Kier molecular flexibility index (Phi) is 4.15. The van der Waals surface area contributed by atoms with Crippen LogP contribution in [0.25, 0.3) is 0 Å². The summed E-state index contributed by atoms with van der Waals surface area (Å²) >= 11 is 0. The minimum absolute atomic E-state index is 0.219. The van der Waals surface area contributed by atoms with Crippen molar-refractivity contribution < 1.29 is 13.9 Å². The third kappa shape index (κ3) is 3.20. The maximum Gasteiger partial charge on any atom is 0.239 e. The minimum Gasteiger partial charge on any atom is -0.472 e. The monoisotopic (exact) mass is 198 g/mol. The molecule has 0 aliphatic rings. The molecule has 0 saturated carbocycles. The van der Waals surface area contributed by atoms with Gasteiger partial charge in [-0.25, -0.2) is 0 Å². The van der Waals surface area contributed by atoms with Crippen molar-refractivity contribution in [2.45, 2.75) is 12.6 Å². The highest BCUT2D eigenvalue weighted by Gasteiger charge is 2.12. The number of furan rings is 1. The van der Waals surface area contributed by atoms with Gasteiger partial charge in [-0.3, -0.25) is 4.79 Å². The SMILES string of the molecule is COCC(N)C(=O)NCc1ccoc1. The van der Waals surface area contributed by atoms with Crippen molar-refractivity contribution >= 4 is 5.91 Å². The van der Waals surface area contributed by atoms with Gasteiger partial charge in [0.2, 0.25) is 5.91 Å². The molecule has 5 nitrogen and oxygen atoms in total. The average Bonchev–Trinajstić information content (AvgIpc) is 2.67. The van der Waals surface area contributed by atoms with Crippen molar-refractivity contribution in [1.29, 1.82) is 0 Å². The van der Waals surface area contributed by atoms with Crippen LogP contribution < -0.4 is 11.1 Å². The molecule has 78 valence electrons. The second-order valence-electron chi connectivity index (χ2n) is 2.91. The molecule has 14 heavy (non-hydrogen) atoms. The molecule has 0 aromatic carbocycles. The van der Waals surface area contributed by atoms with Crippen LogP contribution in [-0.4, -0.2) is 25.7 Å². The number of carbonyl (C=O) groups is 1. The first-order chi connectivity index (χ1) is 6.74. The lowest BCUT2D eigenvalue weighted by atomic mass is 10.3. The lowest BCUT2D eigenvalue weighted by molar-refractivity contribution is -0.123. The van der Waals surface area contributed by atoms with E-state index in [0.29, 0.717) is 6.54 Å². The first-order valence-corrected chi connectivity index (χ1v) is 4.27. The van der Waals surface area contributed by atoms with Gasteiger partial charge in [0.15, 0.2) is 0 Å². The highest BCUT2D eigenvalue weighted by molar-refractivity contribution is 5.81. The zero-order valence-corrected chi connectivity index (χ0v) is 8.03. The van der Waals surface area contributed by atoms with Crippen LogP contribution in [0.2, 0.25) is 0 Å². The summed E-state index contributed by atoms with van der Waals surface area (Å²) in [4.78, 5) is 11.3. The maximum absolute atomic E-state index is 11.3. The maximum atomic E-state index is 11.3. The van der Waals surface area contributed by atoms with Gasteiger partial charge in [-0.15, -0.1) is 0 Å². The van der Waals surface area contributed by atoms with Crippen molar-refractivity contribution in [2.24, 2.45) is 5.73 Å². The van der Waals surface area contributed by atoms with E-state index in [0.717, 1.165) is 5.56 Å². The van der Waals surface area contributed by atoms with Gasteiger partial charge in [-0.1, -0.05) is 0 Å². The molecule has 1 unspecified atom stereocenters. The Bertz CT molecular complexity index is 272. The molecule has 0 bridgehead atoms. The second kappa shape index (κ2) is 5.41. The van der Waals surface area contributed by atoms with Gasteiger partial charge >= 0.3 is 0 Å². The molecule has 0 spiro atoms. The van der Waals surface area contributed by atoms with Crippen LogP contribution in [0.15, 0.2) is 23.0 Å². The molecular formula is C9H14N2O3. The van der Waals surface area contributed by atoms with Gasteiger partial charge in [0.05, 0.1) is 19.1 Å². The normalized spacial score (nSPS) is 12.4. The Morgan fingerprint density at radius 1 is 1.79 bits per heavy atom. The molecule has 1 amide bonds. The van der Waals surface area contributed by atoms with Crippen LogP contribution in [0.4, 0.5) is 0 Å². The van der Waals surface area contributed by atoms with Gasteiger partial charge in [-0.05, 0) is 6.07 Å². The summed E-state index contributed by atoms with van der Waals surface area (Å²) in [5, 5.41) is 2.67. The van der Waals surface area contributed by atoms with E-state index in [2.05, 4.69) is 5.32 Å². The Morgan fingerprint density at radius 3 is 3.14 bits per heavy atom. The number of hydrogen-bond acceptors (Lipinski definition) is 4. The molecule has 5 heteroatoms. The molecule has 1 aromatic rings. The zero-order chi connectivity index (χ0) is 10.4. The quantitative estimate of drug-likeness (QED) is 0.690. The fraction of sp³-hybridized carbons (Fsp3) is 0.444. The summed E-state index contributed by atoms with van der Waals surface area (Å²) in [6.07, 6.45) is 3.12. The van der Waals surface area contributed by atoms with Gasteiger partial charge in [0.1, 0.15) is 6.04 Å². The number of hydrogen-bond donors (Lipinski definition) is 2. The molecule has 3 N–H and O–H groups in total. The van der Waals surface area contributed by atoms with E-state index in [-0.39, 0.29) is 12.5 Å². The molecule has 1 heterocycles. The molecule has 1 atom stereocenters. The van der Waals surface area contributed by atoms with Crippen LogP contribution in [0.1, 0.15) is 5.56 Å². The van der Waals surface area contributed by atoms with Gasteiger partial charge in [-0.2, -0.15) is 0 Å². The highest BCUT2D eigenvalue weighted by Crippen LogP contribution is 1.98. The number of ether oxygens (including phenoxy) is 1. The van der Waals surface area contributed by atoms with Gasteiger partial charge < -0.3 is 20.2 Å². The van der Waals surface area contributed by atoms with Crippen LogP contribution in [0, 0.1) is 0 Å². The molecule has 1 rings (SSSR count). The predicted octanol–water partition coefficient (Wildman–Crippen LogP) is -0.130. The molecule has 0 radical (unpaired) electrons. The predicted molar refractivity (Wildman–Crippen MR) is 50.4 cm³/mol. The smallest absolute Gasteiger partial charge is 0.239 e. The zero-order valence-electron chi connectivity index (χ0n) is 8.03. The van der Waals surface area contributed by atoms with Gasteiger partial charge in [0, 0.05) is 19.2 Å². The van der Waals surface area contributed by atoms with Crippen LogP contribution in [0.3, 0.4) is 0 Å². The van der Waals surface area contributed by atoms with E-state index >= 15 is 0 Å². The first kappa shape index (κ1) is 10.7. The average molecular weight is 198 g/mol. The summed E-state index contributed by atoms with van der Waals surface area (Å²) in [6, 6.07) is 1.16. The Morgan fingerprint density at radius 2 is 2.57 bits per heavy atom. The van der Waals surface area contributed by atoms with E-state index in [1.807, 2.05) is 0 Å². The molecule has 1 aromatic heterocycles. The van der Waals surface area contributed by atoms with Crippen LogP contribution in [0.5, 0.6) is 0 Å². The first-order valence-electron chi connectivity index (χ1n) is 4.27. The van der Waals surface area contributed by atoms with E-state index in [1.54, 1.807) is 18.6 Å². The number of amides is 1. The standard InChI is InChI=1S/C9H14N2O3/c1-13-6-8(10)9(12)11-4-7-2-3-14-5-7/h2-3,5,8H,4,6,10H2,1H3,(H,11,12). The van der Waals surface area contributed by atoms with E-state index < -0.39 is 6.04 Å². The topological polar surface area (TPSA) is 77.5 Å². The number of methoxy groups -OCH3 is 1. The minimum atomic E-state index is -0.619. The fourth-order valence-corrected chi connectivity index (χ4v) is 0.969. The number of rotatable bonds is 5. The number of carbonyl (C=O) groups excluding carboxylic acids is 1. The molecule has 0 aliphatic carbocycles. The largest absolute Gasteiger partial charge is 0.472 e. The molecular weight excluding hydrogens is 184 g/mol. The molecule has 0 fully saturated rings. The van der Waals surface area contributed by atoms with Crippen molar-refractivity contribution in [1.82, 2.24) is 5.32 Å². The third-order valence-corrected chi connectivity index (χ3v) is 1.73. The summed E-state index contributed by atoms with van der Waals surface area (Å²) in [5.41, 5.74) is 6.41. The third-order valence-electron chi connectivity index (χ3n) is 1.73. The van der Waals surface area contributed by atoms with E-state index in [4.69, 9.17) is 14.9 Å². The highest BCUT2D eigenvalue weighted by atomic mass is 16.5. The van der Waals surface area contributed by atoms with Crippen molar-refractivity contribution in [3.8, 4) is 0 Å². The number of nitrogens with one attached hydrogen (secondary N) is 1. The number of nitrogens with two attached hydrogens (primary N) is 1. The Hall–Kier alpha value is -1.33. The van der Waals surface area contributed by atoms with Crippen LogP contribution in [-0.2, 0) is 16.1 Å². The van der Waals surface area contributed by atoms with Crippen molar-refractivity contribution in [3.63, 3.8) is 0 Å². The lowest BCUT2D eigenvalue weighted by Crippen LogP contribution is -2.43. The van der Waals surface area contributed by atoms with Crippen molar-refractivity contribution in [2.75, 3.05) is 13.7 Å². The summed E-state index contributed by atoms with van der Waals surface area (Å²) < 4.78 is 9.60. The summed E-state index contributed by atoms with van der Waals surface area (Å²) in [6.45, 7) is 0.643. The van der Waals surface area contributed by atoms with E-state index in [1.165, 1.54) is 7.11 Å². The van der Waals surface area contributed by atoms with E-state index in [9.17, 15) is 4.79 Å². The summed E-state index contributed by atoms with van der Waals surface area (Å²) in [5.74, 6) is -0.229. The van der Waals surface area contributed by atoms with Crippen molar-refractivity contribution in [3.05, 3.63) is 24.2 Å². The summed E-state index contributed by atoms with van der Waals surface area (Å²) in [7, 11) is 1.50. The Balaban J connectivity index is 2.27. The molecule has 0 aliphatic heterocycles. The van der Waals surface area contributed by atoms with Gasteiger partial charge in [0.25, 0.3) is 0 Å². The second-order valence-corrected chi connectivity index (χ2v) is 2.91. The fourth-order valence-electron chi connectivity index (χ4n) is 0.969. The van der Waals surface area contributed by atoms with Crippen LogP contribution >= 0.6 is 0 Å². The Labute approximate surface area is 82.2 Å².